The van der Waals surface area contributed by atoms with E-state index in [0.717, 1.165) is 37.1 Å². The molecule has 4 heteroatoms. The van der Waals surface area contributed by atoms with Crippen LogP contribution in [-0.4, -0.2) is 53.1 Å². The van der Waals surface area contributed by atoms with Crippen molar-refractivity contribution in [2.45, 2.75) is 30.9 Å². The number of likely N-dealkylation sites (tertiary alicyclic amines) is 1. The number of carbonyl (C=O) groups excluding carboxylic acids is 1. The second-order valence-corrected chi connectivity index (χ2v) is 8.95. The predicted molar refractivity (Wildman–Crippen MR) is 126 cm³/mol. The van der Waals surface area contributed by atoms with Crippen molar-refractivity contribution in [2.75, 3.05) is 26.2 Å². The summed E-state index contributed by atoms with van der Waals surface area (Å²) in [4.78, 5) is 18.6. The summed E-state index contributed by atoms with van der Waals surface area (Å²) in [6.45, 7) is 3.04. The van der Waals surface area contributed by atoms with E-state index in [9.17, 15) is 9.90 Å². The molecule has 1 saturated heterocycles. The van der Waals surface area contributed by atoms with Gasteiger partial charge in [-0.3, -0.25) is 9.69 Å². The summed E-state index contributed by atoms with van der Waals surface area (Å²) in [6, 6.07) is 28.8. The van der Waals surface area contributed by atoms with E-state index in [1.165, 1.54) is 11.1 Å². The summed E-state index contributed by atoms with van der Waals surface area (Å²) in [6.07, 6.45) is 1.41. The highest BCUT2D eigenvalue weighted by molar-refractivity contribution is 5.88. The third kappa shape index (κ3) is 4.21. The van der Waals surface area contributed by atoms with E-state index in [-0.39, 0.29) is 24.0 Å². The molecule has 2 aliphatic heterocycles. The zero-order valence-corrected chi connectivity index (χ0v) is 18.3. The van der Waals surface area contributed by atoms with E-state index in [4.69, 9.17) is 0 Å². The van der Waals surface area contributed by atoms with Crippen LogP contribution in [-0.2, 0) is 11.2 Å². The van der Waals surface area contributed by atoms with Gasteiger partial charge < -0.3 is 10.0 Å². The molecule has 0 saturated carbocycles. The first-order valence-electron chi connectivity index (χ1n) is 11.6. The maximum absolute atomic E-state index is 14.2. The van der Waals surface area contributed by atoms with Gasteiger partial charge in [0.1, 0.15) is 0 Å². The van der Waals surface area contributed by atoms with Crippen LogP contribution in [0.1, 0.15) is 40.6 Å². The van der Waals surface area contributed by atoms with E-state index in [1.807, 2.05) is 36.4 Å². The molecule has 5 rings (SSSR count). The Balaban J connectivity index is 1.52. The molecule has 164 valence electrons. The van der Waals surface area contributed by atoms with Gasteiger partial charge in [-0.25, -0.2) is 0 Å². The van der Waals surface area contributed by atoms with Gasteiger partial charge in [0.25, 0.3) is 0 Å². The molecule has 0 bridgehead atoms. The molecule has 0 aromatic heterocycles. The van der Waals surface area contributed by atoms with Gasteiger partial charge in [0.05, 0.1) is 18.1 Å². The van der Waals surface area contributed by atoms with E-state index < -0.39 is 0 Å². The molecule has 0 radical (unpaired) electrons. The van der Waals surface area contributed by atoms with Gasteiger partial charge in [0.15, 0.2) is 0 Å². The molecule has 1 amide bonds. The molecule has 1 N–H and O–H groups in total. The minimum absolute atomic E-state index is 0.00678. The fraction of sp³-hybridized carbons (Fsp3) is 0.321. The topological polar surface area (TPSA) is 43.8 Å². The summed E-state index contributed by atoms with van der Waals surface area (Å²) in [5.74, 6) is -0.170. The van der Waals surface area contributed by atoms with E-state index in [0.29, 0.717) is 13.1 Å². The second kappa shape index (κ2) is 9.27. The highest BCUT2D eigenvalue weighted by Gasteiger charge is 2.37. The number of amides is 1. The van der Waals surface area contributed by atoms with Crippen molar-refractivity contribution in [3.8, 4) is 0 Å². The van der Waals surface area contributed by atoms with Crippen molar-refractivity contribution in [3.63, 3.8) is 0 Å². The molecule has 0 spiro atoms. The Bertz CT molecular complexity index is 1010. The Morgan fingerprint density at radius 3 is 2.12 bits per heavy atom. The number of aliphatic hydroxyl groups excluding tert-OH is 1. The fourth-order valence-corrected chi connectivity index (χ4v) is 5.27. The van der Waals surface area contributed by atoms with Crippen molar-refractivity contribution in [2.24, 2.45) is 0 Å². The lowest BCUT2D eigenvalue weighted by Gasteiger charge is -2.41. The number of hydrogen-bond acceptors (Lipinski definition) is 3. The molecule has 4 nitrogen and oxygen atoms in total. The normalized spacial score (nSPS) is 21.0. The number of fused-ring (bicyclic) bond motifs is 1. The van der Waals surface area contributed by atoms with Crippen molar-refractivity contribution >= 4 is 5.91 Å². The van der Waals surface area contributed by atoms with Crippen LogP contribution in [0.25, 0.3) is 0 Å². The smallest absolute Gasteiger partial charge is 0.235 e. The summed E-state index contributed by atoms with van der Waals surface area (Å²) < 4.78 is 0. The largest absolute Gasteiger partial charge is 0.392 e. The molecule has 2 aliphatic rings. The summed E-state index contributed by atoms with van der Waals surface area (Å²) >= 11 is 0. The minimum atomic E-state index is -0.325. The molecule has 2 atom stereocenters. The van der Waals surface area contributed by atoms with Crippen LogP contribution in [0, 0.1) is 0 Å². The molecule has 3 aromatic carbocycles. The third-order valence-corrected chi connectivity index (χ3v) is 6.89. The maximum Gasteiger partial charge on any atom is 0.235 e. The number of nitrogens with zero attached hydrogens (tertiary/aromatic N) is 2. The lowest BCUT2D eigenvalue weighted by Crippen LogP contribution is -2.46. The molecule has 0 aliphatic carbocycles. The Labute approximate surface area is 190 Å². The fourth-order valence-electron chi connectivity index (χ4n) is 5.27. The van der Waals surface area contributed by atoms with Gasteiger partial charge in [-0.2, -0.15) is 0 Å². The maximum atomic E-state index is 14.2. The molecule has 3 aromatic rings. The molecule has 32 heavy (non-hydrogen) atoms. The van der Waals surface area contributed by atoms with Gasteiger partial charge in [-0.05, 0) is 35.1 Å². The highest BCUT2D eigenvalue weighted by Crippen LogP contribution is 2.36. The van der Waals surface area contributed by atoms with E-state index in [1.54, 1.807) is 0 Å². The van der Waals surface area contributed by atoms with Crippen LogP contribution in [0.3, 0.4) is 0 Å². The van der Waals surface area contributed by atoms with E-state index >= 15 is 0 Å². The van der Waals surface area contributed by atoms with Crippen LogP contribution in [0.5, 0.6) is 0 Å². The van der Waals surface area contributed by atoms with Crippen LogP contribution in [0.15, 0.2) is 84.9 Å². The minimum Gasteiger partial charge on any atom is -0.392 e. The quantitative estimate of drug-likeness (QED) is 0.670. The Hall–Kier alpha value is -2.95. The molecule has 1 unspecified atom stereocenters. The Kier molecular flexibility index (Phi) is 6.06. The lowest BCUT2D eigenvalue weighted by atomic mass is 9.86. The summed E-state index contributed by atoms with van der Waals surface area (Å²) in [7, 11) is 0. The van der Waals surface area contributed by atoms with Gasteiger partial charge in [0, 0.05) is 26.2 Å². The predicted octanol–water partition coefficient (Wildman–Crippen LogP) is 4.01. The van der Waals surface area contributed by atoms with Crippen molar-refractivity contribution in [3.05, 3.63) is 107 Å². The van der Waals surface area contributed by atoms with Gasteiger partial charge >= 0.3 is 0 Å². The van der Waals surface area contributed by atoms with E-state index in [2.05, 4.69) is 58.3 Å². The first-order valence-corrected chi connectivity index (χ1v) is 11.6. The number of carbonyl (C=O) groups is 1. The summed E-state index contributed by atoms with van der Waals surface area (Å²) in [5, 5.41) is 10.1. The standard InChI is InChI=1S/C28H30N2O2/c31-24-16-17-29(19-24)20-26-25-14-8-7-9-21(25)15-18-30(26)28(32)27(22-10-3-1-4-11-22)23-12-5-2-6-13-23/h1-14,24,26-27,31H,15-20H2/t24-,26?/m0/s1. The molecule has 2 heterocycles. The monoisotopic (exact) mass is 426 g/mol. The lowest BCUT2D eigenvalue weighted by molar-refractivity contribution is -0.135. The van der Waals surface area contributed by atoms with Crippen molar-refractivity contribution < 1.29 is 9.90 Å². The first kappa shape index (κ1) is 20.9. The molecular weight excluding hydrogens is 396 g/mol. The van der Waals surface area contributed by atoms with Crippen molar-refractivity contribution in [1.82, 2.24) is 9.80 Å². The average molecular weight is 427 g/mol. The number of rotatable bonds is 5. The third-order valence-electron chi connectivity index (χ3n) is 6.89. The Morgan fingerprint density at radius 1 is 0.875 bits per heavy atom. The number of aliphatic hydroxyl groups is 1. The second-order valence-electron chi connectivity index (χ2n) is 8.95. The number of β-amino-alcohol motifs (C(OH)–C–C–N with tert-alkyl or cyclic N) is 1. The zero-order chi connectivity index (χ0) is 21.9. The SMILES string of the molecule is O=C(C(c1ccccc1)c1ccccc1)N1CCc2ccccc2C1CN1CC[C@H](O)C1. The Morgan fingerprint density at radius 2 is 1.50 bits per heavy atom. The summed E-state index contributed by atoms with van der Waals surface area (Å²) in [5.41, 5.74) is 4.63. The van der Waals surface area contributed by atoms with Crippen LogP contribution in [0.4, 0.5) is 0 Å². The zero-order valence-electron chi connectivity index (χ0n) is 18.3. The van der Waals surface area contributed by atoms with Crippen LogP contribution >= 0.6 is 0 Å². The van der Waals surface area contributed by atoms with Gasteiger partial charge in [-0.1, -0.05) is 84.9 Å². The highest BCUT2D eigenvalue weighted by atomic mass is 16.3. The van der Waals surface area contributed by atoms with Crippen LogP contribution in [0.2, 0.25) is 0 Å². The average Bonchev–Trinajstić information content (AvgIpc) is 3.25. The first-order chi connectivity index (χ1) is 15.7. The molecule has 1 fully saturated rings. The van der Waals surface area contributed by atoms with Gasteiger partial charge in [0.2, 0.25) is 5.91 Å². The number of benzene rings is 3. The van der Waals surface area contributed by atoms with Crippen LogP contribution < -0.4 is 0 Å². The number of hydrogen-bond donors (Lipinski definition) is 1. The van der Waals surface area contributed by atoms with Crippen molar-refractivity contribution in [1.29, 1.82) is 0 Å². The van der Waals surface area contributed by atoms with Gasteiger partial charge in [-0.15, -0.1) is 0 Å². The molecular formula is C28H30N2O2.